The average Bonchev–Trinajstić information content (AvgIpc) is 2.56. The van der Waals surface area contributed by atoms with Gasteiger partial charge in [-0.1, -0.05) is 26.0 Å². The molecule has 0 aliphatic carbocycles. The van der Waals surface area contributed by atoms with Crippen molar-refractivity contribution >= 4 is 21.4 Å². The number of carbonyl (C=O) groups excluding carboxylic acids is 1. The predicted octanol–water partition coefficient (Wildman–Crippen LogP) is 3.00. The fourth-order valence-electron chi connectivity index (χ4n) is 2.06. The van der Waals surface area contributed by atoms with E-state index in [0.29, 0.717) is 5.56 Å². The monoisotopic (exact) mass is 333 g/mol. The van der Waals surface area contributed by atoms with E-state index in [1.165, 1.54) is 25.1 Å². The summed E-state index contributed by atoms with van der Waals surface area (Å²) in [7, 11) is -3.41. The third-order valence-electron chi connectivity index (χ3n) is 3.58. The third-order valence-corrected chi connectivity index (χ3v) is 5.31. The van der Waals surface area contributed by atoms with Crippen LogP contribution in [0.1, 0.15) is 29.8 Å². The van der Waals surface area contributed by atoms with Gasteiger partial charge in [-0.3, -0.25) is 4.79 Å². The number of carbonyl (C=O) groups is 1. The van der Waals surface area contributed by atoms with E-state index in [2.05, 4.69) is 5.32 Å². The molecule has 0 bridgehead atoms. The van der Waals surface area contributed by atoms with Crippen LogP contribution in [0.15, 0.2) is 47.4 Å². The van der Waals surface area contributed by atoms with Gasteiger partial charge in [0.1, 0.15) is 5.75 Å². The van der Waals surface area contributed by atoms with Crippen molar-refractivity contribution in [1.29, 1.82) is 0 Å². The zero-order chi connectivity index (χ0) is 17.0. The number of phenols is 1. The quantitative estimate of drug-likeness (QED) is 0.824. The van der Waals surface area contributed by atoms with Crippen molar-refractivity contribution in [1.82, 2.24) is 0 Å². The first-order chi connectivity index (χ1) is 10.9. The molecule has 0 unspecified atom stereocenters. The summed E-state index contributed by atoms with van der Waals surface area (Å²) in [5.41, 5.74) is 1.62. The molecular formula is C17H19NO4S. The van der Waals surface area contributed by atoms with Gasteiger partial charge in [-0.15, -0.1) is 0 Å². The van der Waals surface area contributed by atoms with Crippen molar-refractivity contribution in [3.63, 3.8) is 0 Å². The summed E-state index contributed by atoms with van der Waals surface area (Å²) < 4.78 is 23.8. The van der Waals surface area contributed by atoms with Crippen molar-refractivity contribution in [2.45, 2.75) is 25.2 Å². The predicted molar refractivity (Wildman–Crippen MR) is 89.6 cm³/mol. The fourth-order valence-corrected chi connectivity index (χ4v) is 2.97. The molecule has 0 radical (unpaired) electrons. The molecule has 122 valence electrons. The van der Waals surface area contributed by atoms with Crippen molar-refractivity contribution in [2.75, 3.05) is 11.1 Å². The number of phenolic OH excluding ortho intramolecular Hbond substituents is 1. The van der Waals surface area contributed by atoms with Crippen LogP contribution in [0, 0.1) is 0 Å². The van der Waals surface area contributed by atoms with E-state index >= 15 is 0 Å². The van der Waals surface area contributed by atoms with Gasteiger partial charge in [-0.2, -0.15) is 0 Å². The van der Waals surface area contributed by atoms with Crippen molar-refractivity contribution in [3.8, 4) is 5.75 Å². The minimum atomic E-state index is -3.41. The molecule has 1 amide bonds. The van der Waals surface area contributed by atoms with Crippen LogP contribution in [0.3, 0.4) is 0 Å². The van der Waals surface area contributed by atoms with E-state index in [4.69, 9.17) is 0 Å². The Bertz CT molecular complexity index is 811. The van der Waals surface area contributed by atoms with Gasteiger partial charge >= 0.3 is 0 Å². The number of anilines is 1. The lowest BCUT2D eigenvalue weighted by atomic mass is 10.1. The van der Waals surface area contributed by atoms with E-state index in [-0.39, 0.29) is 22.1 Å². The Labute approximate surface area is 135 Å². The number of hydrogen-bond acceptors (Lipinski definition) is 4. The largest absolute Gasteiger partial charge is 0.506 e. The number of aromatic hydroxyl groups is 1. The number of aryl methyl sites for hydroxylation is 1. The highest BCUT2D eigenvalue weighted by molar-refractivity contribution is 7.91. The molecule has 2 N–H and O–H groups in total. The highest BCUT2D eigenvalue weighted by atomic mass is 32.2. The second kappa shape index (κ2) is 6.83. The maximum atomic E-state index is 12.2. The minimum absolute atomic E-state index is 0.0519. The maximum absolute atomic E-state index is 12.2. The SMILES string of the molecule is CCc1ccc(C(=O)Nc2cc(S(=O)(=O)CC)ccc2O)cc1. The van der Waals surface area contributed by atoms with Crippen LogP contribution in [0.25, 0.3) is 0 Å². The first-order valence-corrected chi connectivity index (χ1v) is 8.98. The lowest BCUT2D eigenvalue weighted by Gasteiger charge is -2.10. The Hall–Kier alpha value is -2.34. The Morgan fingerprint density at radius 3 is 2.30 bits per heavy atom. The molecule has 0 aliphatic rings. The molecule has 0 saturated heterocycles. The summed E-state index contributed by atoms with van der Waals surface area (Å²) in [6, 6.07) is 10.9. The highest BCUT2D eigenvalue weighted by Gasteiger charge is 2.15. The van der Waals surface area contributed by atoms with E-state index in [1.54, 1.807) is 12.1 Å². The summed E-state index contributed by atoms with van der Waals surface area (Å²) in [6.07, 6.45) is 0.875. The van der Waals surface area contributed by atoms with Gasteiger partial charge in [-0.05, 0) is 42.3 Å². The van der Waals surface area contributed by atoms with E-state index in [1.807, 2.05) is 19.1 Å². The molecule has 0 fully saturated rings. The molecule has 2 aromatic rings. The van der Waals surface area contributed by atoms with Crippen LogP contribution in [-0.4, -0.2) is 25.2 Å². The lowest BCUT2D eigenvalue weighted by molar-refractivity contribution is 0.102. The Morgan fingerprint density at radius 1 is 1.09 bits per heavy atom. The fraction of sp³-hybridized carbons (Fsp3) is 0.235. The highest BCUT2D eigenvalue weighted by Crippen LogP contribution is 2.27. The minimum Gasteiger partial charge on any atom is -0.506 e. The van der Waals surface area contributed by atoms with Crippen LogP contribution in [0.2, 0.25) is 0 Å². The molecule has 23 heavy (non-hydrogen) atoms. The molecule has 0 aliphatic heterocycles. The number of hydrogen-bond donors (Lipinski definition) is 2. The van der Waals surface area contributed by atoms with Gasteiger partial charge in [0.15, 0.2) is 9.84 Å². The Kier molecular flexibility index (Phi) is 5.05. The molecule has 2 rings (SSSR count). The first-order valence-electron chi connectivity index (χ1n) is 7.33. The molecule has 0 saturated carbocycles. The number of rotatable bonds is 5. The van der Waals surface area contributed by atoms with Gasteiger partial charge in [-0.25, -0.2) is 8.42 Å². The molecule has 5 nitrogen and oxygen atoms in total. The molecule has 0 aromatic heterocycles. The van der Waals surface area contributed by atoms with E-state index < -0.39 is 15.7 Å². The van der Waals surface area contributed by atoms with Gasteiger partial charge in [0.05, 0.1) is 16.3 Å². The van der Waals surface area contributed by atoms with E-state index in [0.717, 1.165) is 12.0 Å². The van der Waals surface area contributed by atoms with Gasteiger partial charge in [0.2, 0.25) is 0 Å². The summed E-state index contributed by atoms with van der Waals surface area (Å²) in [5.74, 6) is -0.642. The third kappa shape index (κ3) is 3.90. The van der Waals surface area contributed by atoms with Gasteiger partial charge in [0.25, 0.3) is 5.91 Å². The Morgan fingerprint density at radius 2 is 1.74 bits per heavy atom. The number of sulfone groups is 1. The summed E-state index contributed by atoms with van der Waals surface area (Å²) in [4.78, 5) is 12.3. The molecule has 2 aromatic carbocycles. The van der Waals surface area contributed by atoms with Crippen molar-refractivity contribution in [2.24, 2.45) is 0 Å². The smallest absolute Gasteiger partial charge is 0.255 e. The number of benzene rings is 2. The molecule has 0 heterocycles. The average molecular weight is 333 g/mol. The standard InChI is InChI=1S/C17H19NO4S/c1-3-12-5-7-13(8-6-12)17(20)18-15-11-14(9-10-16(15)19)23(21,22)4-2/h5-11,19H,3-4H2,1-2H3,(H,18,20). The lowest BCUT2D eigenvalue weighted by Crippen LogP contribution is -2.13. The zero-order valence-corrected chi connectivity index (χ0v) is 13.9. The van der Waals surface area contributed by atoms with Gasteiger partial charge in [0, 0.05) is 5.56 Å². The van der Waals surface area contributed by atoms with Crippen molar-refractivity contribution < 1.29 is 18.3 Å². The zero-order valence-electron chi connectivity index (χ0n) is 13.0. The topological polar surface area (TPSA) is 83.5 Å². The Balaban J connectivity index is 2.28. The normalized spacial score (nSPS) is 11.2. The summed E-state index contributed by atoms with van der Waals surface area (Å²) >= 11 is 0. The molecule has 0 spiro atoms. The molecular weight excluding hydrogens is 314 g/mol. The second-order valence-corrected chi connectivity index (χ2v) is 7.37. The summed E-state index contributed by atoms with van der Waals surface area (Å²) in [6.45, 7) is 3.56. The first kappa shape index (κ1) is 17.0. The number of nitrogens with one attached hydrogen (secondary N) is 1. The van der Waals surface area contributed by atoms with Gasteiger partial charge < -0.3 is 10.4 Å². The van der Waals surface area contributed by atoms with Crippen LogP contribution in [-0.2, 0) is 16.3 Å². The van der Waals surface area contributed by atoms with Crippen LogP contribution in [0.5, 0.6) is 5.75 Å². The van der Waals surface area contributed by atoms with Crippen LogP contribution in [0.4, 0.5) is 5.69 Å². The summed E-state index contributed by atoms with van der Waals surface area (Å²) in [5, 5.41) is 12.4. The van der Waals surface area contributed by atoms with E-state index in [9.17, 15) is 18.3 Å². The number of amides is 1. The van der Waals surface area contributed by atoms with Crippen LogP contribution >= 0.6 is 0 Å². The molecule has 0 atom stereocenters. The molecule has 6 heteroatoms. The van der Waals surface area contributed by atoms with Crippen molar-refractivity contribution in [3.05, 3.63) is 53.6 Å². The maximum Gasteiger partial charge on any atom is 0.255 e. The second-order valence-electron chi connectivity index (χ2n) is 5.09. The van der Waals surface area contributed by atoms with Crippen LogP contribution < -0.4 is 5.32 Å².